The van der Waals surface area contributed by atoms with Gasteiger partial charge in [0.2, 0.25) is 5.91 Å². The second kappa shape index (κ2) is 6.51. The molecule has 0 bridgehead atoms. The first-order valence-electron chi connectivity index (χ1n) is 7.94. The maximum absolute atomic E-state index is 12.8. The van der Waals surface area contributed by atoms with E-state index in [1.807, 2.05) is 0 Å². The van der Waals surface area contributed by atoms with Crippen molar-refractivity contribution >= 4 is 11.9 Å². The number of aromatic carboxylic acids is 1. The SMILES string of the molecule is Cc1oc(CNC(=O)C2CC2c2cccc(C(F)(F)F)c2)cc1C(=O)O. The molecule has 2 atom stereocenters. The summed E-state index contributed by atoms with van der Waals surface area (Å²) in [6, 6.07) is 6.34. The molecule has 0 aliphatic heterocycles. The van der Waals surface area contributed by atoms with Gasteiger partial charge in [0.05, 0.1) is 12.1 Å². The minimum Gasteiger partial charge on any atom is -0.478 e. The lowest BCUT2D eigenvalue weighted by atomic mass is 10.1. The third-order valence-corrected chi connectivity index (χ3v) is 4.41. The van der Waals surface area contributed by atoms with Crippen LogP contribution in [0.15, 0.2) is 34.7 Å². The van der Waals surface area contributed by atoms with Gasteiger partial charge in [0.25, 0.3) is 0 Å². The van der Waals surface area contributed by atoms with Crippen LogP contribution in [0.1, 0.15) is 45.3 Å². The first-order valence-corrected chi connectivity index (χ1v) is 7.94. The van der Waals surface area contributed by atoms with Gasteiger partial charge in [-0.1, -0.05) is 18.2 Å². The molecule has 0 saturated heterocycles. The summed E-state index contributed by atoms with van der Waals surface area (Å²) in [6.07, 6.45) is -3.94. The number of carbonyl (C=O) groups is 2. The maximum Gasteiger partial charge on any atom is 0.416 e. The highest BCUT2D eigenvalue weighted by molar-refractivity contribution is 5.89. The Morgan fingerprint density at radius 2 is 2.04 bits per heavy atom. The lowest BCUT2D eigenvalue weighted by Gasteiger charge is -2.08. The summed E-state index contributed by atoms with van der Waals surface area (Å²) in [4.78, 5) is 23.1. The Kier molecular flexibility index (Phi) is 4.52. The molecule has 1 heterocycles. The number of hydrogen-bond donors (Lipinski definition) is 2. The molecule has 1 aliphatic rings. The maximum atomic E-state index is 12.8. The predicted molar refractivity (Wildman–Crippen MR) is 84.5 cm³/mol. The number of carbonyl (C=O) groups excluding carboxylic acids is 1. The summed E-state index contributed by atoms with van der Waals surface area (Å²) in [5, 5.41) is 11.6. The average molecular weight is 367 g/mol. The molecule has 1 fully saturated rings. The molecule has 0 spiro atoms. The van der Waals surface area contributed by atoms with Gasteiger partial charge in [-0.3, -0.25) is 4.79 Å². The minimum absolute atomic E-state index is 0.0266. The number of hydrogen-bond acceptors (Lipinski definition) is 3. The Morgan fingerprint density at radius 1 is 1.31 bits per heavy atom. The molecule has 1 amide bonds. The number of aryl methyl sites for hydroxylation is 1. The normalized spacial score (nSPS) is 19.2. The molecule has 3 rings (SSSR count). The molecular weight excluding hydrogens is 351 g/mol. The zero-order valence-electron chi connectivity index (χ0n) is 13.8. The van der Waals surface area contributed by atoms with E-state index in [1.165, 1.54) is 19.1 Å². The zero-order valence-corrected chi connectivity index (χ0v) is 13.8. The highest BCUT2D eigenvalue weighted by atomic mass is 19.4. The van der Waals surface area contributed by atoms with Crippen molar-refractivity contribution < 1.29 is 32.3 Å². The number of rotatable bonds is 5. The topological polar surface area (TPSA) is 79.5 Å². The molecular formula is C18H16F3NO4. The Morgan fingerprint density at radius 3 is 2.65 bits per heavy atom. The van der Waals surface area contributed by atoms with Crippen molar-refractivity contribution in [3.8, 4) is 0 Å². The van der Waals surface area contributed by atoms with E-state index in [-0.39, 0.29) is 29.7 Å². The Labute approximate surface area is 146 Å². The number of carboxylic acids is 1. The van der Waals surface area contributed by atoms with Crippen LogP contribution >= 0.6 is 0 Å². The predicted octanol–water partition coefficient (Wildman–Crippen LogP) is 3.72. The van der Waals surface area contributed by atoms with Gasteiger partial charge in [-0.15, -0.1) is 0 Å². The second-order valence-electron chi connectivity index (χ2n) is 6.28. The first kappa shape index (κ1) is 18.0. The van der Waals surface area contributed by atoms with Crippen LogP contribution in [0.3, 0.4) is 0 Å². The number of alkyl halides is 3. The molecule has 26 heavy (non-hydrogen) atoms. The summed E-state index contributed by atoms with van der Waals surface area (Å²) in [7, 11) is 0. The molecule has 1 aromatic carbocycles. The first-order chi connectivity index (χ1) is 12.2. The van der Waals surface area contributed by atoms with Crippen LogP contribution in [0.2, 0.25) is 0 Å². The summed E-state index contributed by atoms with van der Waals surface area (Å²) in [5.74, 6) is -1.49. The van der Waals surface area contributed by atoms with Crippen LogP contribution in [0.25, 0.3) is 0 Å². The fourth-order valence-electron chi connectivity index (χ4n) is 2.95. The standard InChI is InChI=1S/C18H16F3NO4/c1-9-13(17(24)25)6-12(26-9)8-22-16(23)15-7-14(15)10-3-2-4-11(5-10)18(19,20)21/h2-6,14-15H,7-8H2,1H3,(H,22,23)(H,24,25). The third kappa shape index (κ3) is 3.74. The monoisotopic (exact) mass is 367 g/mol. The average Bonchev–Trinajstić information content (AvgIpc) is 3.28. The fourth-order valence-corrected chi connectivity index (χ4v) is 2.95. The highest BCUT2D eigenvalue weighted by Crippen LogP contribution is 2.48. The summed E-state index contributed by atoms with van der Waals surface area (Å²) in [5.41, 5.74) is -0.210. The molecule has 138 valence electrons. The molecule has 1 saturated carbocycles. The van der Waals surface area contributed by atoms with E-state index >= 15 is 0 Å². The van der Waals surface area contributed by atoms with Crippen molar-refractivity contribution in [2.24, 2.45) is 5.92 Å². The summed E-state index contributed by atoms with van der Waals surface area (Å²) < 4.78 is 43.6. The molecule has 5 nitrogen and oxygen atoms in total. The summed E-state index contributed by atoms with van der Waals surface area (Å²) >= 11 is 0. The minimum atomic E-state index is -4.42. The van der Waals surface area contributed by atoms with Crippen molar-refractivity contribution in [2.45, 2.75) is 32.0 Å². The van der Waals surface area contributed by atoms with E-state index in [0.717, 1.165) is 12.1 Å². The van der Waals surface area contributed by atoms with E-state index in [1.54, 1.807) is 6.07 Å². The van der Waals surface area contributed by atoms with Gasteiger partial charge in [0, 0.05) is 5.92 Å². The molecule has 1 aromatic heterocycles. The van der Waals surface area contributed by atoms with Gasteiger partial charge in [-0.2, -0.15) is 13.2 Å². The van der Waals surface area contributed by atoms with Gasteiger partial charge in [0.1, 0.15) is 17.1 Å². The van der Waals surface area contributed by atoms with E-state index in [2.05, 4.69) is 5.32 Å². The number of nitrogens with one attached hydrogen (secondary N) is 1. The number of halogens is 3. The van der Waals surface area contributed by atoms with Crippen LogP contribution < -0.4 is 5.32 Å². The summed E-state index contributed by atoms with van der Waals surface area (Å²) in [6.45, 7) is 1.54. The van der Waals surface area contributed by atoms with Crippen molar-refractivity contribution in [1.29, 1.82) is 0 Å². The van der Waals surface area contributed by atoms with E-state index in [0.29, 0.717) is 17.7 Å². The van der Waals surface area contributed by atoms with Crippen LogP contribution in [-0.4, -0.2) is 17.0 Å². The van der Waals surface area contributed by atoms with Crippen molar-refractivity contribution in [3.05, 3.63) is 58.5 Å². The Bertz CT molecular complexity index is 856. The van der Waals surface area contributed by atoms with Gasteiger partial charge in [-0.25, -0.2) is 4.79 Å². The van der Waals surface area contributed by atoms with E-state index < -0.39 is 23.6 Å². The van der Waals surface area contributed by atoms with Crippen molar-refractivity contribution in [3.63, 3.8) is 0 Å². The molecule has 1 aliphatic carbocycles. The third-order valence-electron chi connectivity index (χ3n) is 4.41. The fraction of sp³-hybridized carbons (Fsp3) is 0.333. The quantitative estimate of drug-likeness (QED) is 0.844. The largest absolute Gasteiger partial charge is 0.478 e. The van der Waals surface area contributed by atoms with E-state index in [4.69, 9.17) is 9.52 Å². The number of benzene rings is 1. The van der Waals surface area contributed by atoms with Crippen molar-refractivity contribution in [1.82, 2.24) is 5.32 Å². The smallest absolute Gasteiger partial charge is 0.416 e. The molecule has 2 N–H and O–H groups in total. The van der Waals surface area contributed by atoms with Gasteiger partial charge < -0.3 is 14.8 Å². The molecule has 2 unspecified atom stereocenters. The lowest BCUT2D eigenvalue weighted by molar-refractivity contribution is -0.137. The van der Waals surface area contributed by atoms with Crippen LogP contribution in [0.4, 0.5) is 13.2 Å². The Balaban J connectivity index is 1.60. The van der Waals surface area contributed by atoms with Gasteiger partial charge in [-0.05, 0) is 37.0 Å². The second-order valence-corrected chi connectivity index (χ2v) is 6.28. The van der Waals surface area contributed by atoms with Gasteiger partial charge in [0.15, 0.2) is 0 Å². The van der Waals surface area contributed by atoms with Gasteiger partial charge >= 0.3 is 12.1 Å². The number of furan rings is 1. The Hall–Kier alpha value is -2.77. The van der Waals surface area contributed by atoms with Crippen molar-refractivity contribution in [2.75, 3.05) is 0 Å². The number of carboxylic acid groups (broad SMARTS) is 1. The number of amides is 1. The molecule has 8 heteroatoms. The van der Waals surface area contributed by atoms with E-state index in [9.17, 15) is 22.8 Å². The van der Waals surface area contributed by atoms with Crippen LogP contribution in [0, 0.1) is 12.8 Å². The highest BCUT2D eigenvalue weighted by Gasteiger charge is 2.44. The lowest BCUT2D eigenvalue weighted by Crippen LogP contribution is -2.24. The molecule has 2 aromatic rings. The van der Waals surface area contributed by atoms with Crippen LogP contribution in [-0.2, 0) is 17.5 Å². The zero-order chi connectivity index (χ0) is 19.1. The molecule has 0 radical (unpaired) electrons. The van der Waals surface area contributed by atoms with Crippen LogP contribution in [0.5, 0.6) is 0 Å².